The Kier molecular flexibility index (Phi) is 10.8. The Morgan fingerprint density at radius 3 is 2.41 bits per heavy atom. The molecule has 0 saturated heterocycles. The van der Waals surface area contributed by atoms with Gasteiger partial charge in [-0.1, -0.05) is 23.7 Å². The zero-order valence-electron chi connectivity index (χ0n) is 34.6. The molecule has 4 aromatic heterocycles. The number of nitrogens with one attached hydrogen (secondary N) is 1. The first-order valence-electron chi connectivity index (χ1n) is 19.9. The van der Waals surface area contributed by atoms with Crippen LogP contribution in [0.3, 0.4) is 0 Å². The number of carbonyl (C=O) groups excluding carboxylic acids is 1. The number of ether oxygens (including phenoxy) is 1. The number of nitriles is 1. The van der Waals surface area contributed by atoms with Crippen molar-refractivity contribution in [3.63, 3.8) is 0 Å². The number of carbonyl (C=O) groups is 1. The van der Waals surface area contributed by atoms with Crippen LogP contribution in [0.2, 0.25) is 5.02 Å². The third-order valence-electron chi connectivity index (χ3n) is 11.6. The Hall–Kier alpha value is -6.99. The summed E-state index contributed by atoms with van der Waals surface area (Å²) in [7, 11) is -1.20. The van der Waals surface area contributed by atoms with Crippen molar-refractivity contribution in [2.24, 2.45) is 13.0 Å². The number of halogens is 7. The molecule has 2 aliphatic carbocycles. The average Bonchev–Trinajstić information content (AvgIpc) is 3.78. The van der Waals surface area contributed by atoms with Gasteiger partial charge in [0.25, 0.3) is 17.9 Å². The Balaban J connectivity index is 1.23. The fourth-order valence-electron chi connectivity index (χ4n) is 8.68. The fourth-order valence-corrected chi connectivity index (χ4v) is 9.74. The smallest absolute Gasteiger partial charge is 0.293 e. The van der Waals surface area contributed by atoms with E-state index in [9.17, 15) is 40.8 Å². The number of aryl methyl sites for hydroxylation is 1. The molecule has 7 aromatic rings. The summed E-state index contributed by atoms with van der Waals surface area (Å²) >= 11 is 6.85. The topological polar surface area (TPSA) is 183 Å². The Bertz CT molecular complexity index is 3350. The van der Waals surface area contributed by atoms with Gasteiger partial charge < -0.3 is 10.1 Å². The maximum Gasteiger partial charge on any atom is 0.293 e. The molecule has 1 N–H and O–H groups in total. The maximum atomic E-state index is 15.5. The largest absolute Gasteiger partial charge is 0.497 e. The molecule has 3 atom stereocenters. The number of aromatic nitrogens is 7. The molecule has 340 valence electrons. The summed E-state index contributed by atoms with van der Waals surface area (Å²) in [5.74, 6) is -8.82. The first-order chi connectivity index (χ1) is 31.3. The molecule has 0 radical (unpaired) electrons. The minimum Gasteiger partial charge on any atom is -0.497 e. The van der Waals surface area contributed by atoms with Crippen LogP contribution in [0.5, 0.6) is 5.75 Å². The molecule has 1 amide bonds. The second-order valence-electron chi connectivity index (χ2n) is 15.9. The monoisotopic (exact) mass is 950 g/mol. The highest BCUT2D eigenvalue weighted by atomic mass is 35.5. The second-order valence-corrected chi connectivity index (χ2v) is 18.2. The number of alkyl halides is 4. The van der Waals surface area contributed by atoms with Crippen molar-refractivity contribution in [1.82, 2.24) is 39.4 Å². The minimum atomic E-state index is -4.12. The number of methoxy groups -OCH3 is 1. The Morgan fingerprint density at radius 2 is 1.76 bits per heavy atom. The molecule has 1 fully saturated rings. The summed E-state index contributed by atoms with van der Waals surface area (Å²) in [5, 5.41) is 20.5. The average molecular weight is 951 g/mol. The lowest BCUT2D eigenvalue weighted by atomic mass is 10.0. The van der Waals surface area contributed by atoms with E-state index >= 15 is 8.78 Å². The van der Waals surface area contributed by atoms with E-state index < -0.39 is 87.7 Å². The zero-order chi connectivity index (χ0) is 47.1. The molecule has 66 heavy (non-hydrogen) atoms. The highest BCUT2D eigenvalue weighted by Gasteiger charge is 2.67. The van der Waals surface area contributed by atoms with Crippen LogP contribution in [0.1, 0.15) is 64.4 Å². The predicted octanol–water partition coefficient (Wildman–Crippen LogP) is 6.89. The lowest BCUT2D eigenvalue weighted by molar-refractivity contribution is -0.123. The van der Waals surface area contributed by atoms with E-state index in [1.165, 1.54) is 43.1 Å². The van der Waals surface area contributed by atoms with Gasteiger partial charge in [0.2, 0.25) is 15.9 Å². The Labute approximate surface area is 374 Å². The summed E-state index contributed by atoms with van der Waals surface area (Å²) < 4.78 is 125. The third-order valence-corrected chi connectivity index (χ3v) is 13.0. The summed E-state index contributed by atoms with van der Waals surface area (Å²) in [6, 6.07) is 14.6. The van der Waals surface area contributed by atoms with E-state index in [1.54, 1.807) is 24.3 Å². The number of rotatable bonds is 13. The van der Waals surface area contributed by atoms with E-state index in [2.05, 4.69) is 25.5 Å². The molecule has 4 heterocycles. The normalized spacial score (nSPS) is 16.6. The number of anilines is 1. The van der Waals surface area contributed by atoms with Crippen molar-refractivity contribution in [2.75, 3.05) is 17.7 Å². The van der Waals surface area contributed by atoms with Gasteiger partial charge in [-0.2, -0.15) is 24.2 Å². The highest BCUT2D eigenvalue weighted by Crippen LogP contribution is 2.68. The van der Waals surface area contributed by atoms with Gasteiger partial charge in [-0.05, 0) is 72.0 Å². The Morgan fingerprint density at radius 1 is 1.05 bits per heavy atom. The zero-order valence-corrected chi connectivity index (χ0v) is 36.2. The second kappa shape index (κ2) is 16.2. The standard InChI is InChI=1S/C43H33ClF6N10O5S/c1-57-36-31(11-10-29(44)34(36)41(56-57)59(66(3,63)64)18-20-4-7-25(65-2)8-5-20)60-40(54-39-26(42(60)62)9-6-24(17-51)52-39)30(14-21-12-22(45)15-23(46)13-21)53-32(61)19-58-37-33(35(55-58)38(47)48)27-16-28(27)43(37,49)50/h4-13,15,27-28,30,38H,14,16,18-19H2,1-3H3,(H,53,61)/t27-,28+,30?/m0/s1. The van der Waals surface area contributed by atoms with E-state index in [1.807, 2.05) is 6.07 Å². The molecule has 1 saturated carbocycles. The maximum absolute atomic E-state index is 15.5. The lowest BCUT2D eigenvalue weighted by Crippen LogP contribution is -2.38. The van der Waals surface area contributed by atoms with Gasteiger partial charge in [-0.3, -0.25) is 23.5 Å². The number of hydrogen-bond acceptors (Lipinski definition) is 10. The highest BCUT2D eigenvalue weighted by molar-refractivity contribution is 7.92. The minimum absolute atomic E-state index is 0.00615. The molecule has 15 nitrogen and oxygen atoms in total. The van der Waals surface area contributed by atoms with Crippen LogP contribution >= 0.6 is 11.6 Å². The predicted molar refractivity (Wildman–Crippen MR) is 226 cm³/mol. The van der Waals surface area contributed by atoms with Crippen LogP contribution in [0, 0.1) is 28.9 Å². The molecule has 23 heteroatoms. The van der Waals surface area contributed by atoms with Crippen molar-refractivity contribution < 1.29 is 44.3 Å². The molecular formula is C43H33ClF6N10O5S. The first-order valence-corrected chi connectivity index (χ1v) is 22.1. The summed E-state index contributed by atoms with van der Waals surface area (Å²) in [6.45, 7) is -1.26. The molecular weight excluding hydrogens is 918 g/mol. The van der Waals surface area contributed by atoms with Crippen LogP contribution in [0.15, 0.2) is 71.5 Å². The van der Waals surface area contributed by atoms with Crippen LogP contribution in [-0.4, -0.2) is 61.8 Å². The number of benzene rings is 3. The van der Waals surface area contributed by atoms with E-state index in [-0.39, 0.29) is 74.1 Å². The number of fused-ring (bicyclic) bond motifs is 5. The van der Waals surface area contributed by atoms with Crippen LogP contribution in [0.25, 0.3) is 27.6 Å². The molecule has 2 aliphatic rings. The molecule has 0 bridgehead atoms. The van der Waals surface area contributed by atoms with Gasteiger partial charge in [0, 0.05) is 31.0 Å². The molecule has 1 unspecified atom stereocenters. The third kappa shape index (κ3) is 7.64. The number of sulfonamides is 1. The van der Waals surface area contributed by atoms with Gasteiger partial charge in [-0.15, -0.1) is 0 Å². The SMILES string of the molecule is COc1ccc(CN(c2nn(C)c3c(-n4c(C(Cc5cc(F)cc(F)c5)NC(=O)Cn5nc(C(F)F)c6c5C(F)(F)[C@@H]5C[C@H]65)nc5nc(C#N)ccc5c4=O)ccc(Cl)c23)S(C)(=O)=O)cc1. The van der Waals surface area contributed by atoms with E-state index in [0.717, 1.165) is 27.3 Å². The van der Waals surface area contributed by atoms with Gasteiger partial charge in [-0.25, -0.2) is 40.3 Å². The number of pyridine rings is 1. The van der Waals surface area contributed by atoms with Crippen LogP contribution < -0.4 is 19.9 Å². The number of nitrogens with zero attached hydrogens (tertiary/aromatic N) is 9. The quantitative estimate of drug-likeness (QED) is 0.120. The van der Waals surface area contributed by atoms with Crippen LogP contribution in [0.4, 0.5) is 32.2 Å². The number of amides is 1. The first kappa shape index (κ1) is 44.2. The molecule has 0 spiro atoms. The molecule has 0 aliphatic heterocycles. The van der Waals surface area contributed by atoms with Crippen molar-refractivity contribution in [1.29, 1.82) is 5.26 Å². The summed E-state index contributed by atoms with van der Waals surface area (Å²) in [6.07, 6.45) is -2.83. The molecule has 3 aromatic carbocycles. The van der Waals surface area contributed by atoms with Crippen LogP contribution in [-0.2, 0) is 47.3 Å². The molecule has 9 rings (SSSR count). The van der Waals surface area contributed by atoms with Gasteiger partial charge in [0.05, 0.1) is 53.0 Å². The van der Waals surface area contributed by atoms with Crippen molar-refractivity contribution in [3.8, 4) is 17.5 Å². The van der Waals surface area contributed by atoms with Crippen molar-refractivity contribution in [2.45, 2.75) is 50.2 Å². The fraction of sp³-hybridized carbons (Fsp3) is 0.279. The van der Waals surface area contributed by atoms with E-state index in [4.69, 9.17) is 16.3 Å². The van der Waals surface area contributed by atoms with Gasteiger partial charge >= 0.3 is 0 Å². The van der Waals surface area contributed by atoms with E-state index in [0.29, 0.717) is 22.1 Å². The van der Waals surface area contributed by atoms with Crippen molar-refractivity contribution in [3.05, 3.63) is 133 Å². The lowest BCUT2D eigenvalue weighted by Gasteiger charge is -2.24. The number of hydrogen-bond donors (Lipinski definition) is 1. The van der Waals surface area contributed by atoms with Crippen molar-refractivity contribution >= 4 is 55.3 Å². The summed E-state index contributed by atoms with van der Waals surface area (Å²) in [5.41, 5.74) is -2.91. The van der Waals surface area contributed by atoms with Gasteiger partial charge in [0.15, 0.2) is 11.5 Å². The van der Waals surface area contributed by atoms with Gasteiger partial charge in [0.1, 0.15) is 52.9 Å². The summed E-state index contributed by atoms with van der Waals surface area (Å²) in [4.78, 5) is 37.9.